The number of hydrogen-bond acceptors (Lipinski definition) is 3. The highest BCUT2D eigenvalue weighted by Crippen LogP contribution is 2.34. The number of rotatable bonds is 4. The summed E-state index contributed by atoms with van der Waals surface area (Å²) in [5, 5.41) is 5.27. The fourth-order valence-electron chi connectivity index (χ4n) is 1.27. The van der Waals surface area contributed by atoms with Crippen LogP contribution in [-0.4, -0.2) is 11.4 Å². The Hall–Kier alpha value is -0.870. The molecule has 0 spiro atoms. The number of carbonyl (C=O) groups excluding carboxylic acids is 1. The maximum atomic E-state index is 10.8. The number of primary amides is 1. The van der Waals surface area contributed by atoms with Crippen molar-refractivity contribution in [1.29, 1.82) is 0 Å². The Morgan fingerprint density at radius 2 is 2.43 bits per heavy atom. The zero-order valence-electron chi connectivity index (χ0n) is 8.17. The predicted octanol–water partition coefficient (Wildman–Crippen LogP) is 1.49. The van der Waals surface area contributed by atoms with E-state index < -0.39 is 0 Å². The zero-order chi connectivity index (χ0) is 10.2. The highest BCUT2D eigenvalue weighted by Gasteiger charge is 2.36. The van der Waals surface area contributed by atoms with E-state index >= 15 is 0 Å². The van der Waals surface area contributed by atoms with Gasteiger partial charge < -0.3 is 11.1 Å². The lowest BCUT2D eigenvalue weighted by molar-refractivity contribution is 0.100. The fraction of sp³-hybridized carbons (Fsp3) is 0.500. The van der Waals surface area contributed by atoms with Gasteiger partial charge in [-0.3, -0.25) is 4.79 Å². The highest BCUT2D eigenvalue weighted by molar-refractivity contribution is 7.10. The Balaban J connectivity index is 1.93. The molecule has 1 amide bonds. The Morgan fingerprint density at radius 3 is 2.93 bits per heavy atom. The van der Waals surface area contributed by atoms with Gasteiger partial charge >= 0.3 is 0 Å². The molecule has 0 aromatic carbocycles. The molecule has 14 heavy (non-hydrogen) atoms. The van der Waals surface area contributed by atoms with Crippen LogP contribution in [0.5, 0.6) is 0 Å². The fourth-order valence-corrected chi connectivity index (χ4v) is 2.08. The van der Waals surface area contributed by atoms with Gasteiger partial charge in [-0.1, -0.05) is 0 Å². The lowest BCUT2D eigenvalue weighted by Crippen LogP contribution is -2.26. The summed E-state index contributed by atoms with van der Waals surface area (Å²) in [6.45, 7) is 3.06. The van der Waals surface area contributed by atoms with Gasteiger partial charge in [0.25, 0.3) is 0 Å². The summed E-state index contributed by atoms with van der Waals surface area (Å²) in [7, 11) is 0. The van der Waals surface area contributed by atoms with E-state index in [2.05, 4.69) is 12.2 Å². The second kappa shape index (κ2) is 3.37. The van der Waals surface area contributed by atoms with E-state index in [0.29, 0.717) is 11.1 Å². The number of nitrogens with two attached hydrogens (primary N) is 1. The number of hydrogen-bond donors (Lipinski definition) is 2. The summed E-state index contributed by atoms with van der Waals surface area (Å²) in [4.78, 5) is 12.0. The van der Waals surface area contributed by atoms with Crippen LogP contribution < -0.4 is 11.1 Å². The molecule has 3 nitrogen and oxygen atoms in total. The van der Waals surface area contributed by atoms with Gasteiger partial charge in [0.15, 0.2) is 0 Å². The molecule has 2 rings (SSSR count). The molecule has 1 aromatic heterocycles. The van der Waals surface area contributed by atoms with Crippen molar-refractivity contribution in [2.24, 2.45) is 5.73 Å². The lowest BCUT2D eigenvalue weighted by atomic mass is 10.3. The van der Waals surface area contributed by atoms with Gasteiger partial charge in [0.05, 0.1) is 5.56 Å². The van der Waals surface area contributed by atoms with E-state index in [9.17, 15) is 4.79 Å². The minimum absolute atomic E-state index is 0.342. The van der Waals surface area contributed by atoms with Gasteiger partial charge in [0.1, 0.15) is 0 Å². The SMILES string of the molecule is CC1(NCc2cc(C(N)=O)cs2)CC1. The Labute approximate surface area is 87.3 Å². The van der Waals surface area contributed by atoms with E-state index in [1.165, 1.54) is 17.7 Å². The average molecular weight is 210 g/mol. The molecule has 1 saturated carbocycles. The first-order valence-electron chi connectivity index (χ1n) is 4.71. The molecule has 0 radical (unpaired) electrons. The van der Waals surface area contributed by atoms with Crippen molar-refractivity contribution in [3.8, 4) is 0 Å². The van der Waals surface area contributed by atoms with Crippen molar-refractivity contribution < 1.29 is 4.79 Å². The van der Waals surface area contributed by atoms with Crippen molar-refractivity contribution >= 4 is 17.2 Å². The minimum atomic E-state index is -0.342. The quantitative estimate of drug-likeness (QED) is 0.791. The average Bonchev–Trinajstić information content (AvgIpc) is 2.68. The summed E-state index contributed by atoms with van der Waals surface area (Å²) in [5.74, 6) is -0.342. The molecule has 1 fully saturated rings. The molecule has 0 saturated heterocycles. The summed E-state index contributed by atoms with van der Waals surface area (Å²) in [6.07, 6.45) is 2.50. The number of carbonyl (C=O) groups is 1. The van der Waals surface area contributed by atoms with Crippen LogP contribution in [0.4, 0.5) is 0 Å². The number of thiophene rings is 1. The molecule has 0 unspecified atom stereocenters. The van der Waals surface area contributed by atoms with Gasteiger partial charge in [-0.2, -0.15) is 0 Å². The summed E-state index contributed by atoms with van der Waals surface area (Å²) in [6, 6.07) is 1.87. The van der Waals surface area contributed by atoms with Crippen LogP contribution in [0, 0.1) is 0 Å². The summed E-state index contributed by atoms with van der Waals surface area (Å²) >= 11 is 1.58. The van der Waals surface area contributed by atoms with Crippen molar-refractivity contribution in [2.45, 2.75) is 31.8 Å². The molecule has 1 aromatic rings. The summed E-state index contributed by atoms with van der Waals surface area (Å²) < 4.78 is 0. The summed E-state index contributed by atoms with van der Waals surface area (Å²) in [5.41, 5.74) is 6.13. The van der Waals surface area contributed by atoms with Gasteiger partial charge in [-0.25, -0.2) is 0 Å². The molecule has 1 heterocycles. The van der Waals surface area contributed by atoms with Gasteiger partial charge in [-0.05, 0) is 25.8 Å². The first-order chi connectivity index (χ1) is 6.59. The smallest absolute Gasteiger partial charge is 0.249 e. The van der Waals surface area contributed by atoms with E-state index in [-0.39, 0.29) is 5.91 Å². The molecule has 1 aliphatic carbocycles. The predicted molar refractivity (Wildman–Crippen MR) is 57.3 cm³/mol. The Morgan fingerprint density at radius 1 is 1.71 bits per heavy atom. The van der Waals surface area contributed by atoms with E-state index in [1.807, 2.05) is 11.4 Å². The highest BCUT2D eigenvalue weighted by atomic mass is 32.1. The third-order valence-corrected chi connectivity index (χ3v) is 3.56. The van der Waals surface area contributed by atoms with Crippen LogP contribution in [0.15, 0.2) is 11.4 Å². The topological polar surface area (TPSA) is 55.1 Å². The lowest BCUT2D eigenvalue weighted by Gasteiger charge is -2.08. The standard InChI is InChI=1S/C10H14N2OS/c1-10(2-3-10)12-5-8-4-7(6-14-8)9(11)13/h4,6,12H,2-3,5H2,1H3,(H2,11,13). The normalized spacial score (nSPS) is 18.1. The Kier molecular flexibility index (Phi) is 2.33. The molecule has 0 aliphatic heterocycles. The minimum Gasteiger partial charge on any atom is -0.366 e. The largest absolute Gasteiger partial charge is 0.366 e. The number of amides is 1. The number of nitrogens with one attached hydrogen (secondary N) is 1. The van der Waals surface area contributed by atoms with E-state index in [4.69, 9.17) is 5.73 Å². The molecule has 0 atom stereocenters. The first kappa shape index (κ1) is 9.68. The van der Waals surface area contributed by atoms with Crippen LogP contribution in [0.3, 0.4) is 0 Å². The van der Waals surface area contributed by atoms with Crippen LogP contribution in [0.1, 0.15) is 35.0 Å². The molecule has 1 aliphatic rings. The third kappa shape index (κ3) is 2.13. The second-order valence-electron chi connectivity index (χ2n) is 4.08. The first-order valence-corrected chi connectivity index (χ1v) is 5.59. The van der Waals surface area contributed by atoms with Gasteiger partial charge in [-0.15, -0.1) is 11.3 Å². The monoisotopic (exact) mass is 210 g/mol. The van der Waals surface area contributed by atoms with Crippen molar-refractivity contribution in [3.63, 3.8) is 0 Å². The van der Waals surface area contributed by atoms with Gasteiger partial charge in [0, 0.05) is 22.3 Å². The maximum Gasteiger partial charge on any atom is 0.249 e. The second-order valence-corrected chi connectivity index (χ2v) is 5.08. The van der Waals surface area contributed by atoms with Crippen LogP contribution in [0.2, 0.25) is 0 Å². The van der Waals surface area contributed by atoms with Crippen molar-refractivity contribution in [2.75, 3.05) is 0 Å². The van der Waals surface area contributed by atoms with Crippen molar-refractivity contribution in [3.05, 3.63) is 21.9 Å². The molecule has 76 valence electrons. The van der Waals surface area contributed by atoms with E-state index in [1.54, 1.807) is 11.3 Å². The zero-order valence-corrected chi connectivity index (χ0v) is 8.99. The Bertz CT molecular complexity index is 355. The van der Waals surface area contributed by atoms with Crippen LogP contribution in [-0.2, 0) is 6.54 Å². The third-order valence-electron chi connectivity index (χ3n) is 2.63. The van der Waals surface area contributed by atoms with E-state index in [0.717, 1.165) is 6.54 Å². The van der Waals surface area contributed by atoms with Crippen LogP contribution in [0.25, 0.3) is 0 Å². The molecule has 0 bridgehead atoms. The molecule has 3 N–H and O–H groups in total. The van der Waals surface area contributed by atoms with Gasteiger partial charge in [0.2, 0.25) is 5.91 Å². The van der Waals surface area contributed by atoms with Crippen molar-refractivity contribution in [1.82, 2.24) is 5.32 Å². The van der Waals surface area contributed by atoms with Crippen LogP contribution >= 0.6 is 11.3 Å². The molecule has 4 heteroatoms. The maximum absolute atomic E-state index is 10.8. The molecular formula is C10H14N2OS. The molecular weight excluding hydrogens is 196 g/mol.